The summed E-state index contributed by atoms with van der Waals surface area (Å²) in [5.74, 6) is 1.50. The van der Waals surface area contributed by atoms with E-state index in [1.54, 1.807) is 17.8 Å². The first-order valence-electron chi connectivity index (χ1n) is 13.3. The number of carbonyl (C=O) groups is 2. The van der Waals surface area contributed by atoms with E-state index in [1.807, 2.05) is 12.3 Å². The van der Waals surface area contributed by atoms with E-state index in [2.05, 4.69) is 20.6 Å². The predicted molar refractivity (Wildman–Crippen MR) is 160 cm³/mol. The molecule has 0 bridgehead atoms. The number of urea groups is 1. The van der Waals surface area contributed by atoms with E-state index in [9.17, 15) is 9.59 Å². The topological polar surface area (TPSA) is 122 Å². The van der Waals surface area contributed by atoms with E-state index in [0.717, 1.165) is 25.7 Å². The fourth-order valence-corrected chi connectivity index (χ4v) is 6.40. The minimum absolute atomic E-state index is 0.0154. The van der Waals surface area contributed by atoms with Gasteiger partial charge < -0.3 is 20.1 Å². The Morgan fingerprint density at radius 1 is 1.12 bits per heavy atom. The van der Waals surface area contributed by atoms with Gasteiger partial charge >= 0.3 is 6.03 Å². The summed E-state index contributed by atoms with van der Waals surface area (Å²) < 4.78 is 10.9. The minimum Gasteiger partial charge on any atom is -0.495 e. The minimum atomic E-state index is -0.389. The molecule has 5 rings (SSSR count). The lowest BCUT2D eigenvalue weighted by Crippen LogP contribution is -2.49. The van der Waals surface area contributed by atoms with Gasteiger partial charge in [0.15, 0.2) is 0 Å². The van der Waals surface area contributed by atoms with Crippen molar-refractivity contribution in [3.05, 3.63) is 44.5 Å². The molecule has 2 atom stereocenters. The number of nitrogens with one attached hydrogen (secondary N) is 2. The van der Waals surface area contributed by atoms with Crippen molar-refractivity contribution < 1.29 is 19.1 Å². The Morgan fingerprint density at radius 3 is 2.46 bits per heavy atom. The molecule has 1 fully saturated rings. The largest absolute Gasteiger partial charge is 0.495 e. The number of carbonyl (C=O) groups excluding carboxylic acids is 2. The van der Waals surface area contributed by atoms with E-state index >= 15 is 0 Å². The standard InChI is InChI=1S/C27H31Cl2N7O4S/c1-4-21(37)32-17-7-5-6-8-18(17)33-26-30-10-15-11-35(24-22(28)19(39-2)9-20(40-3)23(24)29)27(38)36(25(15)34-26)12-16-13-41-14-31-16/h9-10,13-14,17-18H,4-8,11-12H2,1-3H3,(H,32,37)(H,30,33,34). The number of nitrogens with zero attached hydrogens (tertiary/aromatic N) is 5. The maximum Gasteiger partial charge on any atom is 0.330 e. The molecule has 0 radical (unpaired) electrons. The monoisotopic (exact) mass is 619 g/mol. The van der Waals surface area contributed by atoms with Crippen molar-refractivity contribution in [2.24, 2.45) is 0 Å². The van der Waals surface area contributed by atoms with E-state index in [-0.39, 0.29) is 52.8 Å². The first-order chi connectivity index (χ1) is 19.8. The number of methoxy groups -OCH3 is 2. The molecule has 3 aromatic rings. The molecule has 11 nitrogen and oxygen atoms in total. The molecule has 218 valence electrons. The van der Waals surface area contributed by atoms with E-state index in [1.165, 1.54) is 35.4 Å². The maximum atomic E-state index is 14.1. The number of benzene rings is 1. The van der Waals surface area contributed by atoms with Gasteiger partial charge in [-0.3, -0.25) is 14.6 Å². The quantitative estimate of drug-likeness (QED) is 0.315. The Hall–Kier alpha value is -3.35. The average molecular weight is 621 g/mol. The Morgan fingerprint density at radius 2 is 1.83 bits per heavy atom. The summed E-state index contributed by atoms with van der Waals surface area (Å²) in [4.78, 5) is 43.0. The summed E-state index contributed by atoms with van der Waals surface area (Å²) >= 11 is 14.8. The number of amides is 3. The van der Waals surface area contributed by atoms with Crippen molar-refractivity contribution in [1.82, 2.24) is 20.3 Å². The Kier molecular flexibility index (Phi) is 9.00. The molecule has 3 amide bonds. The Balaban J connectivity index is 1.52. The highest BCUT2D eigenvalue weighted by Crippen LogP contribution is 2.48. The van der Waals surface area contributed by atoms with Gasteiger partial charge in [0.2, 0.25) is 11.9 Å². The van der Waals surface area contributed by atoms with Crippen LogP contribution in [0, 0.1) is 0 Å². The van der Waals surface area contributed by atoms with E-state index in [4.69, 9.17) is 37.7 Å². The lowest BCUT2D eigenvalue weighted by atomic mass is 9.90. The van der Waals surface area contributed by atoms with Crippen LogP contribution in [0.4, 0.5) is 22.2 Å². The molecule has 2 aromatic heterocycles. The lowest BCUT2D eigenvalue weighted by Gasteiger charge is -2.37. The fraction of sp³-hybridized carbons (Fsp3) is 0.444. The highest BCUT2D eigenvalue weighted by molar-refractivity contribution is 7.07. The fourth-order valence-electron chi connectivity index (χ4n) is 5.14. The number of hydrogen-bond acceptors (Lipinski definition) is 9. The third-order valence-corrected chi connectivity index (χ3v) is 8.63. The molecule has 0 saturated heterocycles. The molecule has 1 saturated carbocycles. The first kappa shape index (κ1) is 29.2. The molecule has 14 heteroatoms. The summed E-state index contributed by atoms with van der Waals surface area (Å²) in [6, 6.07) is 1.14. The number of anilines is 3. The van der Waals surface area contributed by atoms with Gasteiger partial charge in [-0.1, -0.05) is 43.0 Å². The van der Waals surface area contributed by atoms with Crippen LogP contribution in [0.5, 0.6) is 11.5 Å². The second kappa shape index (κ2) is 12.7. The van der Waals surface area contributed by atoms with Crippen molar-refractivity contribution in [2.45, 2.75) is 64.2 Å². The SMILES string of the molecule is CCC(=O)NC1CCCCC1Nc1ncc2c(n1)N(Cc1cscn1)C(=O)N(c1c(Cl)c(OC)cc(OC)c1Cl)C2. The number of halogens is 2. The molecule has 0 spiro atoms. The lowest BCUT2D eigenvalue weighted by molar-refractivity contribution is -0.121. The average Bonchev–Trinajstić information content (AvgIpc) is 3.50. The molecule has 2 unspecified atom stereocenters. The number of rotatable bonds is 9. The summed E-state index contributed by atoms with van der Waals surface area (Å²) in [6.45, 7) is 2.14. The molecular weight excluding hydrogens is 589 g/mol. The predicted octanol–water partition coefficient (Wildman–Crippen LogP) is 5.65. The van der Waals surface area contributed by atoms with Crippen molar-refractivity contribution in [3.63, 3.8) is 0 Å². The van der Waals surface area contributed by atoms with Crippen LogP contribution in [0.3, 0.4) is 0 Å². The number of fused-ring (bicyclic) bond motifs is 1. The second-order valence-electron chi connectivity index (χ2n) is 9.80. The van der Waals surface area contributed by atoms with E-state index in [0.29, 0.717) is 40.9 Å². The van der Waals surface area contributed by atoms with Gasteiger partial charge in [-0.25, -0.2) is 14.8 Å². The number of ether oxygens (including phenoxy) is 2. The highest BCUT2D eigenvalue weighted by Gasteiger charge is 2.37. The number of thiazole rings is 1. The summed E-state index contributed by atoms with van der Waals surface area (Å²) in [5.41, 5.74) is 3.38. The first-order valence-corrected chi connectivity index (χ1v) is 15.0. The van der Waals surface area contributed by atoms with Crippen LogP contribution in [-0.2, 0) is 17.9 Å². The summed E-state index contributed by atoms with van der Waals surface area (Å²) in [7, 11) is 2.96. The van der Waals surface area contributed by atoms with Crippen LogP contribution in [0.15, 0.2) is 23.2 Å². The molecule has 1 aromatic carbocycles. The molecule has 3 heterocycles. The van der Waals surface area contributed by atoms with Crippen molar-refractivity contribution in [1.29, 1.82) is 0 Å². The van der Waals surface area contributed by atoms with Crippen LogP contribution in [0.2, 0.25) is 10.0 Å². The Bertz CT molecular complexity index is 1400. The van der Waals surface area contributed by atoms with Gasteiger partial charge in [-0.2, -0.15) is 4.98 Å². The molecule has 1 aliphatic heterocycles. The van der Waals surface area contributed by atoms with Crippen LogP contribution in [0.25, 0.3) is 0 Å². The van der Waals surface area contributed by atoms with E-state index < -0.39 is 0 Å². The van der Waals surface area contributed by atoms with Crippen molar-refractivity contribution >= 4 is 63.9 Å². The number of aromatic nitrogens is 3. The molecule has 2 N–H and O–H groups in total. The zero-order valence-corrected chi connectivity index (χ0v) is 25.3. The van der Waals surface area contributed by atoms with Crippen LogP contribution in [-0.4, -0.2) is 53.2 Å². The third-order valence-electron chi connectivity index (χ3n) is 7.26. The van der Waals surface area contributed by atoms with Gasteiger partial charge in [0, 0.05) is 41.7 Å². The van der Waals surface area contributed by atoms with Crippen molar-refractivity contribution in [3.8, 4) is 11.5 Å². The van der Waals surface area contributed by atoms with Gasteiger partial charge in [-0.15, -0.1) is 11.3 Å². The second-order valence-corrected chi connectivity index (χ2v) is 11.3. The molecular formula is C27H31Cl2N7O4S. The normalized spacial score (nSPS) is 18.6. The smallest absolute Gasteiger partial charge is 0.330 e. The van der Waals surface area contributed by atoms with Crippen LogP contribution < -0.4 is 29.9 Å². The zero-order chi connectivity index (χ0) is 29.1. The molecule has 2 aliphatic rings. The summed E-state index contributed by atoms with van der Waals surface area (Å²) in [6.07, 6.45) is 5.96. The Labute approximate surface area is 252 Å². The molecule has 1 aliphatic carbocycles. The van der Waals surface area contributed by atoms with Crippen LogP contribution >= 0.6 is 34.5 Å². The highest BCUT2D eigenvalue weighted by atomic mass is 35.5. The van der Waals surface area contributed by atoms with Crippen molar-refractivity contribution in [2.75, 3.05) is 29.3 Å². The van der Waals surface area contributed by atoms with Crippen LogP contribution in [0.1, 0.15) is 50.3 Å². The maximum absolute atomic E-state index is 14.1. The zero-order valence-electron chi connectivity index (χ0n) is 22.9. The summed E-state index contributed by atoms with van der Waals surface area (Å²) in [5, 5.41) is 8.78. The van der Waals surface area contributed by atoms with Gasteiger partial charge in [0.25, 0.3) is 0 Å². The van der Waals surface area contributed by atoms with Gasteiger partial charge in [-0.05, 0) is 12.8 Å². The third kappa shape index (κ3) is 6.00. The van der Waals surface area contributed by atoms with Gasteiger partial charge in [0.05, 0.1) is 44.2 Å². The molecule has 41 heavy (non-hydrogen) atoms. The number of hydrogen-bond donors (Lipinski definition) is 2. The van der Waals surface area contributed by atoms with Gasteiger partial charge in [0.1, 0.15) is 27.4 Å².